The smallest absolute Gasteiger partial charge is 0.325 e. The molecule has 14 heavy (non-hydrogen) atoms. The van der Waals surface area contributed by atoms with Crippen LogP contribution in [0.2, 0.25) is 0 Å². The van der Waals surface area contributed by atoms with Crippen LogP contribution in [0.5, 0.6) is 0 Å². The highest BCUT2D eigenvalue weighted by Gasteiger charge is 2.16. The number of carboxylic acids is 1. The van der Waals surface area contributed by atoms with Crippen LogP contribution in [0.15, 0.2) is 18.3 Å². The minimum Gasteiger partial charge on any atom is -0.480 e. The molecule has 1 rings (SSSR count). The first-order valence-corrected chi connectivity index (χ1v) is 4.17. The predicted octanol–water partition coefficient (Wildman–Crippen LogP) is 0.228. The summed E-state index contributed by atoms with van der Waals surface area (Å²) < 4.78 is 1.63. The van der Waals surface area contributed by atoms with Crippen LogP contribution in [-0.4, -0.2) is 27.6 Å². The van der Waals surface area contributed by atoms with E-state index in [9.17, 15) is 9.59 Å². The lowest BCUT2D eigenvalue weighted by molar-refractivity contribution is -0.138. The molecule has 0 bridgehead atoms. The molecule has 0 saturated heterocycles. The van der Waals surface area contributed by atoms with Gasteiger partial charge in [0.2, 0.25) is 0 Å². The molecule has 1 aromatic rings. The van der Waals surface area contributed by atoms with Crippen molar-refractivity contribution in [2.75, 3.05) is 0 Å². The fourth-order valence-corrected chi connectivity index (χ4v) is 1.03. The van der Waals surface area contributed by atoms with Gasteiger partial charge in [0.05, 0.1) is 0 Å². The molecule has 2 N–H and O–H groups in total. The molecule has 1 amide bonds. The van der Waals surface area contributed by atoms with Crippen molar-refractivity contribution in [2.24, 2.45) is 7.05 Å². The maximum Gasteiger partial charge on any atom is 0.325 e. The summed E-state index contributed by atoms with van der Waals surface area (Å²) in [6, 6.07) is 2.47. The number of carbonyl (C=O) groups excluding carboxylic acids is 1. The molecule has 0 aliphatic rings. The third kappa shape index (κ3) is 2.12. The van der Waals surface area contributed by atoms with Crippen molar-refractivity contribution in [2.45, 2.75) is 13.0 Å². The molecule has 5 heteroatoms. The fourth-order valence-electron chi connectivity index (χ4n) is 1.03. The average Bonchev–Trinajstić information content (AvgIpc) is 2.51. The zero-order valence-electron chi connectivity index (χ0n) is 8.02. The van der Waals surface area contributed by atoms with E-state index in [0.717, 1.165) is 0 Å². The van der Waals surface area contributed by atoms with Gasteiger partial charge in [-0.1, -0.05) is 0 Å². The Hall–Kier alpha value is -1.78. The summed E-state index contributed by atoms with van der Waals surface area (Å²) in [6.07, 6.45) is 1.72. The number of carboxylic acid groups (broad SMARTS) is 1. The minimum absolute atomic E-state index is 0.382. The number of aryl methyl sites for hydroxylation is 1. The summed E-state index contributed by atoms with van der Waals surface area (Å²) >= 11 is 0. The first-order chi connectivity index (χ1) is 6.52. The second kappa shape index (κ2) is 3.95. The third-order valence-corrected chi connectivity index (χ3v) is 1.89. The van der Waals surface area contributed by atoms with Gasteiger partial charge < -0.3 is 15.0 Å². The number of aromatic nitrogens is 1. The van der Waals surface area contributed by atoms with Crippen molar-refractivity contribution in [1.29, 1.82) is 0 Å². The largest absolute Gasteiger partial charge is 0.480 e. The van der Waals surface area contributed by atoms with Crippen LogP contribution in [0.4, 0.5) is 0 Å². The van der Waals surface area contributed by atoms with Gasteiger partial charge in [-0.2, -0.15) is 0 Å². The van der Waals surface area contributed by atoms with Crippen molar-refractivity contribution in [3.63, 3.8) is 0 Å². The molecular weight excluding hydrogens is 184 g/mol. The Morgan fingerprint density at radius 2 is 2.21 bits per heavy atom. The van der Waals surface area contributed by atoms with E-state index >= 15 is 0 Å². The first-order valence-electron chi connectivity index (χ1n) is 4.17. The van der Waals surface area contributed by atoms with Crippen LogP contribution < -0.4 is 5.32 Å². The lowest BCUT2D eigenvalue weighted by Gasteiger charge is -2.09. The van der Waals surface area contributed by atoms with E-state index in [1.54, 1.807) is 29.9 Å². The summed E-state index contributed by atoms with van der Waals surface area (Å²) in [6.45, 7) is 1.42. The van der Waals surface area contributed by atoms with Gasteiger partial charge in [-0.15, -0.1) is 0 Å². The molecule has 0 saturated carbocycles. The van der Waals surface area contributed by atoms with Gasteiger partial charge in [0.25, 0.3) is 5.91 Å². The summed E-state index contributed by atoms with van der Waals surface area (Å²) in [7, 11) is 1.72. The molecule has 0 unspecified atom stereocenters. The number of carbonyl (C=O) groups is 2. The van der Waals surface area contributed by atoms with Gasteiger partial charge in [0.15, 0.2) is 0 Å². The Morgan fingerprint density at radius 3 is 2.64 bits per heavy atom. The Labute approximate surface area is 81.3 Å². The quantitative estimate of drug-likeness (QED) is 0.726. The highest BCUT2D eigenvalue weighted by molar-refractivity contribution is 5.95. The number of nitrogens with zero attached hydrogens (tertiary/aromatic N) is 1. The van der Waals surface area contributed by atoms with E-state index < -0.39 is 12.0 Å². The second-order valence-electron chi connectivity index (χ2n) is 3.04. The average molecular weight is 196 g/mol. The zero-order valence-corrected chi connectivity index (χ0v) is 8.02. The topological polar surface area (TPSA) is 71.3 Å². The molecule has 0 fully saturated rings. The van der Waals surface area contributed by atoms with E-state index in [4.69, 9.17) is 5.11 Å². The molecular formula is C9H12N2O3. The van der Waals surface area contributed by atoms with Crippen molar-refractivity contribution in [1.82, 2.24) is 9.88 Å². The number of nitrogens with one attached hydrogen (secondary N) is 1. The molecule has 0 aliphatic carbocycles. The fraction of sp³-hybridized carbons (Fsp3) is 0.333. The van der Waals surface area contributed by atoms with Crippen LogP contribution in [0.1, 0.15) is 17.4 Å². The highest BCUT2D eigenvalue weighted by atomic mass is 16.4. The second-order valence-corrected chi connectivity index (χ2v) is 3.04. The summed E-state index contributed by atoms with van der Waals surface area (Å²) in [5, 5.41) is 10.9. The van der Waals surface area contributed by atoms with E-state index in [0.29, 0.717) is 5.69 Å². The molecule has 1 heterocycles. The lowest BCUT2D eigenvalue weighted by atomic mass is 10.3. The van der Waals surface area contributed by atoms with Crippen molar-refractivity contribution in [3.05, 3.63) is 24.0 Å². The first kappa shape index (κ1) is 10.3. The summed E-state index contributed by atoms with van der Waals surface area (Å²) in [5.74, 6) is -1.43. The lowest BCUT2D eigenvalue weighted by Crippen LogP contribution is -2.38. The molecule has 1 aromatic heterocycles. The number of rotatable bonds is 3. The summed E-state index contributed by atoms with van der Waals surface area (Å²) in [4.78, 5) is 21.9. The zero-order chi connectivity index (χ0) is 10.7. The van der Waals surface area contributed by atoms with E-state index in [2.05, 4.69) is 5.32 Å². The van der Waals surface area contributed by atoms with Crippen molar-refractivity contribution >= 4 is 11.9 Å². The van der Waals surface area contributed by atoms with Crippen LogP contribution in [0, 0.1) is 0 Å². The van der Waals surface area contributed by atoms with Crippen LogP contribution >= 0.6 is 0 Å². The van der Waals surface area contributed by atoms with Gasteiger partial charge >= 0.3 is 5.97 Å². The number of hydrogen-bond acceptors (Lipinski definition) is 2. The predicted molar refractivity (Wildman–Crippen MR) is 50.0 cm³/mol. The minimum atomic E-state index is -1.05. The van der Waals surface area contributed by atoms with Gasteiger partial charge in [-0.05, 0) is 19.1 Å². The highest BCUT2D eigenvalue weighted by Crippen LogP contribution is 1.99. The van der Waals surface area contributed by atoms with Crippen molar-refractivity contribution < 1.29 is 14.7 Å². The van der Waals surface area contributed by atoms with Crippen LogP contribution in [0.3, 0.4) is 0 Å². The number of aliphatic carboxylic acids is 1. The molecule has 76 valence electrons. The monoisotopic (exact) mass is 196 g/mol. The Balaban J connectivity index is 2.69. The Bertz CT molecular complexity index is 357. The van der Waals surface area contributed by atoms with E-state index in [1.165, 1.54) is 6.92 Å². The molecule has 0 spiro atoms. The maximum absolute atomic E-state index is 11.4. The van der Waals surface area contributed by atoms with Gasteiger partial charge in [0.1, 0.15) is 11.7 Å². The Morgan fingerprint density at radius 1 is 1.57 bits per heavy atom. The molecule has 0 radical (unpaired) electrons. The normalized spacial score (nSPS) is 12.1. The molecule has 0 aliphatic heterocycles. The SMILES string of the molecule is C[C@@H](NC(=O)c1cccn1C)C(=O)O. The summed E-state index contributed by atoms with van der Waals surface area (Å²) in [5.41, 5.74) is 0.443. The van der Waals surface area contributed by atoms with Gasteiger partial charge in [-0.3, -0.25) is 9.59 Å². The number of hydrogen-bond donors (Lipinski definition) is 2. The van der Waals surface area contributed by atoms with E-state index in [1.807, 2.05) is 0 Å². The van der Waals surface area contributed by atoms with Crippen LogP contribution in [-0.2, 0) is 11.8 Å². The third-order valence-electron chi connectivity index (χ3n) is 1.89. The van der Waals surface area contributed by atoms with Crippen LogP contribution in [0.25, 0.3) is 0 Å². The van der Waals surface area contributed by atoms with Gasteiger partial charge in [0, 0.05) is 13.2 Å². The number of amides is 1. The standard InChI is InChI=1S/C9H12N2O3/c1-6(9(13)14)10-8(12)7-4-3-5-11(7)2/h3-6H,1-2H3,(H,10,12)(H,13,14)/t6-/m1/s1. The van der Waals surface area contributed by atoms with Gasteiger partial charge in [-0.25, -0.2) is 0 Å². The maximum atomic E-state index is 11.4. The van der Waals surface area contributed by atoms with Crippen molar-refractivity contribution in [3.8, 4) is 0 Å². The Kier molecular flexibility index (Phi) is 2.91. The van der Waals surface area contributed by atoms with E-state index in [-0.39, 0.29) is 5.91 Å². The molecule has 0 aromatic carbocycles. The molecule has 5 nitrogen and oxygen atoms in total. The molecule has 1 atom stereocenters.